The Kier molecular flexibility index (Phi) is 10.0. The van der Waals surface area contributed by atoms with Crippen molar-refractivity contribution >= 4 is 46.4 Å². The fourth-order valence-corrected chi connectivity index (χ4v) is 4.05. The lowest BCUT2D eigenvalue weighted by Gasteiger charge is -2.35. The second kappa shape index (κ2) is 11.2. The van der Waals surface area contributed by atoms with Crippen LogP contribution in [0.2, 0.25) is 0 Å². The van der Waals surface area contributed by atoms with Crippen LogP contribution in [0.25, 0.3) is 0 Å². The highest BCUT2D eigenvalue weighted by molar-refractivity contribution is 14.0. The number of nitrogens with zero attached hydrogens (tertiary/aromatic N) is 5. The van der Waals surface area contributed by atoms with E-state index in [9.17, 15) is 0 Å². The summed E-state index contributed by atoms with van der Waals surface area (Å²) >= 11 is 1.69. The molecule has 25 heavy (non-hydrogen) atoms. The molecule has 0 radical (unpaired) electrons. The minimum Gasteiger partial charge on any atom is -0.370 e. The molecule has 0 spiro atoms. The molecule has 2 N–H and O–H groups in total. The van der Waals surface area contributed by atoms with E-state index in [1.807, 2.05) is 11.6 Å². The summed E-state index contributed by atoms with van der Waals surface area (Å²) in [6.45, 7) is 9.02. The second-order valence-electron chi connectivity index (χ2n) is 6.60. The number of nitrogens with two attached hydrogens (primary N) is 1. The Morgan fingerprint density at radius 3 is 2.40 bits per heavy atom. The van der Waals surface area contributed by atoms with E-state index in [0.717, 1.165) is 37.9 Å². The number of guanidine groups is 1. The highest BCUT2D eigenvalue weighted by atomic mass is 127. The molecule has 2 heterocycles. The average molecular weight is 480 g/mol. The van der Waals surface area contributed by atoms with Gasteiger partial charge in [0.2, 0.25) is 0 Å². The van der Waals surface area contributed by atoms with Gasteiger partial charge in [-0.2, -0.15) is 0 Å². The van der Waals surface area contributed by atoms with Crippen LogP contribution in [0.4, 0.5) is 5.13 Å². The molecule has 1 unspecified atom stereocenters. The van der Waals surface area contributed by atoms with Crippen LogP contribution in [-0.4, -0.2) is 73.6 Å². The number of aliphatic imine (C=N–C) groups is 1. The second-order valence-corrected chi connectivity index (χ2v) is 7.47. The van der Waals surface area contributed by atoms with E-state index in [1.54, 1.807) is 11.3 Å². The molecule has 0 aliphatic carbocycles. The summed E-state index contributed by atoms with van der Waals surface area (Å²) in [5.74, 6) is 1.35. The van der Waals surface area contributed by atoms with E-state index in [1.165, 1.54) is 12.8 Å². The van der Waals surface area contributed by atoms with Gasteiger partial charge in [0.05, 0.1) is 6.54 Å². The van der Waals surface area contributed by atoms with E-state index in [0.29, 0.717) is 17.9 Å². The fourth-order valence-electron chi connectivity index (χ4n) is 3.35. The zero-order valence-corrected chi connectivity index (χ0v) is 19.0. The van der Waals surface area contributed by atoms with E-state index in [2.05, 4.69) is 47.6 Å². The normalized spacial score (nSPS) is 17.1. The van der Waals surface area contributed by atoms with Gasteiger partial charge in [-0.1, -0.05) is 26.7 Å². The zero-order valence-electron chi connectivity index (χ0n) is 15.9. The number of anilines is 1. The zero-order chi connectivity index (χ0) is 17.5. The van der Waals surface area contributed by atoms with Gasteiger partial charge in [0.1, 0.15) is 0 Å². The number of piperazine rings is 1. The number of rotatable bonds is 7. The molecule has 1 aliphatic rings. The Morgan fingerprint density at radius 2 is 1.92 bits per heavy atom. The van der Waals surface area contributed by atoms with E-state index in [-0.39, 0.29) is 24.0 Å². The van der Waals surface area contributed by atoms with Crippen molar-refractivity contribution in [2.24, 2.45) is 16.6 Å². The molecule has 0 saturated carbocycles. The molecule has 1 saturated heterocycles. The van der Waals surface area contributed by atoms with E-state index < -0.39 is 0 Å². The van der Waals surface area contributed by atoms with Crippen LogP contribution >= 0.6 is 35.3 Å². The number of thiazole rings is 1. The topological polar surface area (TPSA) is 61.0 Å². The SMILES string of the molecule is CCC(CC)C(CN=C(N)N1CCN(c2nccs2)CC1)N(C)C.I. The number of halogens is 1. The molecule has 8 heteroatoms. The number of hydrogen-bond acceptors (Lipinski definition) is 5. The monoisotopic (exact) mass is 480 g/mol. The smallest absolute Gasteiger partial charge is 0.191 e. The van der Waals surface area contributed by atoms with Crippen molar-refractivity contribution in [3.8, 4) is 0 Å². The van der Waals surface area contributed by atoms with Crippen LogP contribution in [-0.2, 0) is 0 Å². The maximum atomic E-state index is 6.27. The number of hydrogen-bond donors (Lipinski definition) is 1. The van der Waals surface area contributed by atoms with Crippen molar-refractivity contribution in [2.75, 3.05) is 51.7 Å². The van der Waals surface area contributed by atoms with Crippen LogP contribution in [0.5, 0.6) is 0 Å². The summed E-state index contributed by atoms with van der Waals surface area (Å²) in [5.41, 5.74) is 6.27. The molecular formula is C17H33IN6S. The Bertz CT molecular complexity index is 495. The van der Waals surface area contributed by atoms with Crippen molar-refractivity contribution in [1.82, 2.24) is 14.8 Å². The van der Waals surface area contributed by atoms with Crippen LogP contribution in [0.3, 0.4) is 0 Å². The van der Waals surface area contributed by atoms with Crippen molar-refractivity contribution in [1.29, 1.82) is 0 Å². The third kappa shape index (κ3) is 6.25. The van der Waals surface area contributed by atoms with Crippen molar-refractivity contribution in [3.63, 3.8) is 0 Å². The quantitative estimate of drug-likeness (QED) is 0.369. The Morgan fingerprint density at radius 1 is 1.28 bits per heavy atom. The van der Waals surface area contributed by atoms with Gasteiger partial charge in [-0.05, 0) is 20.0 Å². The number of likely N-dealkylation sites (N-methyl/N-ethyl adjacent to an activating group) is 1. The van der Waals surface area contributed by atoms with Crippen molar-refractivity contribution < 1.29 is 0 Å². The lowest BCUT2D eigenvalue weighted by Crippen LogP contribution is -2.51. The maximum absolute atomic E-state index is 6.27. The van der Waals surface area contributed by atoms with Crippen LogP contribution in [0.15, 0.2) is 16.6 Å². The third-order valence-electron chi connectivity index (χ3n) is 4.99. The van der Waals surface area contributed by atoms with Gasteiger partial charge in [0.15, 0.2) is 11.1 Å². The van der Waals surface area contributed by atoms with Gasteiger partial charge in [-0.3, -0.25) is 4.99 Å². The Hall–Kier alpha value is -0.610. The lowest BCUT2D eigenvalue weighted by atomic mass is 9.93. The number of aromatic nitrogens is 1. The van der Waals surface area contributed by atoms with Gasteiger partial charge < -0.3 is 20.4 Å². The Labute approximate surface area is 173 Å². The first kappa shape index (κ1) is 22.4. The molecule has 0 amide bonds. The van der Waals surface area contributed by atoms with Gasteiger partial charge in [0.25, 0.3) is 0 Å². The maximum Gasteiger partial charge on any atom is 0.191 e. The highest BCUT2D eigenvalue weighted by Gasteiger charge is 2.22. The molecule has 1 aliphatic heterocycles. The Balaban J connectivity index is 0.00000312. The minimum absolute atomic E-state index is 0. The van der Waals surface area contributed by atoms with Gasteiger partial charge in [0, 0.05) is 43.8 Å². The van der Waals surface area contributed by atoms with Crippen molar-refractivity contribution in [3.05, 3.63) is 11.6 Å². The molecule has 1 atom stereocenters. The van der Waals surface area contributed by atoms with Crippen LogP contribution in [0, 0.1) is 5.92 Å². The van der Waals surface area contributed by atoms with Gasteiger partial charge in [-0.15, -0.1) is 35.3 Å². The molecule has 1 aromatic rings. The van der Waals surface area contributed by atoms with E-state index in [4.69, 9.17) is 10.7 Å². The third-order valence-corrected chi connectivity index (χ3v) is 5.82. The molecule has 1 aromatic heterocycles. The summed E-state index contributed by atoms with van der Waals surface area (Å²) < 4.78 is 0. The lowest BCUT2D eigenvalue weighted by molar-refractivity contribution is 0.205. The van der Waals surface area contributed by atoms with Gasteiger partial charge in [-0.25, -0.2) is 4.98 Å². The summed E-state index contributed by atoms with van der Waals surface area (Å²) in [6.07, 6.45) is 4.23. The van der Waals surface area contributed by atoms with Gasteiger partial charge >= 0.3 is 0 Å². The fraction of sp³-hybridized carbons (Fsp3) is 0.765. The van der Waals surface area contributed by atoms with E-state index >= 15 is 0 Å². The largest absolute Gasteiger partial charge is 0.370 e. The molecule has 6 nitrogen and oxygen atoms in total. The molecule has 2 rings (SSSR count). The average Bonchev–Trinajstić information content (AvgIpc) is 3.12. The first-order valence-corrected chi connectivity index (χ1v) is 9.80. The molecule has 0 aromatic carbocycles. The standard InChI is InChI=1S/C17H32N6S.HI/c1-5-14(6-2)15(21(3)4)13-20-16(18)22-8-10-23(11-9-22)17-19-7-12-24-17;/h7,12,14-15H,5-6,8-11,13H2,1-4H3,(H2,18,20);1H. The van der Waals surface area contributed by atoms with Crippen LogP contribution < -0.4 is 10.6 Å². The first-order chi connectivity index (χ1) is 11.6. The molecule has 0 bridgehead atoms. The summed E-state index contributed by atoms with van der Waals surface area (Å²) in [5, 5.41) is 3.13. The summed E-state index contributed by atoms with van der Waals surface area (Å²) in [6, 6.07) is 0.454. The first-order valence-electron chi connectivity index (χ1n) is 8.92. The molecule has 144 valence electrons. The van der Waals surface area contributed by atoms with Crippen molar-refractivity contribution in [2.45, 2.75) is 32.7 Å². The highest BCUT2D eigenvalue weighted by Crippen LogP contribution is 2.19. The predicted octanol–water partition coefficient (Wildman–Crippen LogP) is 2.56. The molecule has 1 fully saturated rings. The minimum atomic E-state index is 0. The summed E-state index contributed by atoms with van der Waals surface area (Å²) in [7, 11) is 4.28. The summed E-state index contributed by atoms with van der Waals surface area (Å²) in [4.78, 5) is 15.9. The van der Waals surface area contributed by atoms with Crippen LogP contribution in [0.1, 0.15) is 26.7 Å². The predicted molar refractivity (Wildman–Crippen MR) is 119 cm³/mol. The molecular weight excluding hydrogens is 447 g/mol.